The van der Waals surface area contributed by atoms with Gasteiger partial charge in [-0.25, -0.2) is 4.98 Å². The Labute approximate surface area is 103 Å². The molecular weight excluding hydrogens is 214 g/mol. The molecule has 0 saturated carbocycles. The Kier molecular flexibility index (Phi) is 4.34. The minimum atomic E-state index is 0.248. The second-order valence-electron chi connectivity index (χ2n) is 4.75. The summed E-state index contributed by atoms with van der Waals surface area (Å²) in [4.78, 5) is 4.29. The maximum atomic E-state index is 5.38. The summed E-state index contributed by atoms with van der Waals surface area (Å²) in [7, 11) is 1.78. The molecule has 1 aliphatic rings. The normalized spacial score (nSPS) is 18.9. The van der Waals surface area contributed by atoms with Crippen LogP contribution >= 0.6 is 0 Å². The maximum Gasteiger partial charge on any atom is 0.125 e. The van der Waals surface area contributed by atoms with Crippen LogP contribution in [-0.4, -0.2) is 38.3 Å². The van der Waals surface area contributed by atoms with Gasteiger partial charge in [-0.05, 0) is 38.1 Å². The standard InChI is InChI=1S/C13H21N3O/c1-17-11-13(5-8-14-9-6-13)10-16-12-4-2-3-7-15-12/h2-4,7,14H,5-6,8-11H2,1H3,(H,15,16). The van der Waals surface area contributed by atoms with Crippen molar-refractivity contribution in [2.75, 3.05) is 38.7 Å². The minimum Gasteiger partial charge on any atom is -0.384 e. The lowest BCUT2D eigenvalue weighted by Gasteiger charge is -2.37. The molecule has 1 aromatic rings. The van der Waals surface area contributed by atoms with E-state index in [-0.39, 0.29) is 5.41 Å². The maximum absolute atomic E-state index is 5.38. The van der Waals surface area contributed by atoms with Crippen molar-refractivity contribution in [3.05, 3.63) is 24.4 Å². The van der Waals surface area contributed by atoms with E-state index in [0.29, 0.717) is 0 Å². The van der Waals surface area contributed by atoms with Crippen molar-refractivity contribution in [3.63, 3.8) is 0 Å². The molecule has 1 saturated heterocycles. The topological polar surface area (TPSA) is 46.2 Å². The zero-order valence-corrected chi connectivity index (χ0v) is 10.4. The van der Waals surface area contributed by atoms with Crippen molar-refractivity contribution in [2.24, 2.45) is 5.41 Å². The molecule has 2 heterocycles. The first-order chi connectivity index (χ1) is 8.35. The van der Waals surface area contributed by atoms with Crippen molar-refractivity contribution in [1.29, 1.82) is 0 Å². The number of anilines is 1. The predicted octanol–water partition coefficient (Wildman–Crippen LogP) is 1.51. The summed E-state index contributed by atoms with van der Waals surface area (Å²) in [6, 6.07) is 5.93. The van der Waals surface area contributed by atoms with E-state index in [9.17, 15) is 0 Å². The van der Waals surface area contributed by atoms with Crippen LogP contribution in [0.15, 0.2) is 24.4 Å². The summed E-state index contributed by atoms with van der Waals surface area (Å²) in [5.74, 6) is 0.946. The van der Waals surface area contributed by atoms with Crippen molar-refractivity contribution in [1.82, 2.24) is 10.3 Å². The summed E-state index contributed by atoms with van der Waals surface area (Å²) in [6.45, 7) is 3.90. The smallest absolute Gasteiger partial charge is 0.125 e. The first-order valence-electron chi connectivity index (χ1n) is 6.19. The Morgan fingerprint density at radius 2 is 2.24 bits per heavy atom. The number of nitrogens with zero attached hydrogens (tertiary/aromatic N) is 1. The molecule has 0 spiro atoms. The lowest BCUT2D eigenvalue weighted by atomic mass is 9.79. The molecule has 0 atom stereocenters. The summed E-state index contributed by atoms with van der Waals surface area (Å²) in [6.07, 6.45) is 4.12. The van der Waals surface area contributed by atoms with Gasteiger partial charge in [-0.1, -0.05) is 6.07 Å². The monoisotopic (exact) mass is 235 g/mol. The number of hydrogen-bond acceptors (Lipinski definition) is 4. The van der Waals surface area contributed by atoms with Crippen molar-refractivity contribution in [2.45, 2.75) is 12.8 Å². The van der Waals surface area contributed by atoms with Gasteiger partial charge in [0.1, 0.15) is 5.82 Å². The van der Waals surface area contributed by atoms with Gasteiger partial charge in [0.2, 0.25) is 0 Å². The van der Waals surface area contributed by atoms with E-state index in [4.69, 9.17) is 4.74 Å². The first-order valence-corrected chi connectivity index (χ1v) is 6.19. The van der Waals surface area contributed by atoms with E-state index in [0.717, 1.165) is 44.9 Å². The number of rotatable bonds is 5. The quantitative estimate of drug-likeness (QED) is 0.812. The van der Waals surface area contributed by atoms with Crippen LogP contribution in [0.1, 0.15) is 12.8 Å². The number of nitrogens with one attached hydrogen (secondary N) is 2. The number of hydrogen-bond donors (Lipinski definition) is 2. The van der Waals surface area contributed by atoms with Gasteiger partial charge in [-0.3, -0.25) is 0 Å². The van der Waals surface area contributed by atoms with Crippen molar-refractivity contribution in [3.8, 4) is 0 Å². The fraction of sp³-hybridized carbons (Fsp3) is 0.615. The van der Waals surface area contributed by atoms with Gasteiger partial charge in [-0.15, -0.1) is 0 Å². The Bertz CT molecular complexity index is 317. The summed E-state index contributed by atoms with van der Waals surface area (Å²) >= 11 is 0. The fourth-order valence-electron chi connectivity index (χ4n) is 2.38. The third-order valence-electron chi connectivity index (χ3n) is 3.42. The fourth-order valence-corrected chi connectivity index (χ4v) is 2.38. The van der Waals surface area contributed by atoms with Gasteiger partial charge in [0.05, 0.1) is 6.61 Å². The van der Waals surface area contributed by atoms with Gasteiger partial charge >= 0.3 is 0 Å². The highest BCUT2D eigenvalue weighted by Gasteiger charge is 2.31. The average Bonchev–Trinajstić information content (AvgIpc) is 2.39. The molecule has 17 heavy (non-hydrogen) atoms. The van der Waals surface area contributed by atoms with Crippen LogP contribution in [0.25, 0.3) is 0 Å². The van der Waals surface area contributed by atoms with Crippen LogP contribution in [-0.2, 0) is 4.74 Å². The van der Waals surface area contributed by atoms with E-state index in [1.165, 1.54) is 0 Å². The van der Waals surface area contributed by atoms with Crippen LogP contribution in [0.5, 0.6) is 0 Å². The number of ether oxygens (including phenoxy) is 1. The SMILES string of the molecule is COCC1(CNc2ccccn2)CCNCC1. The number of aromatic nitrogens is 1. The highest BCUT2D eigenvalue weighted by atomic mass is 16.5. The van der Waals surface area contributed by atoms with E-state index in [2.05, 4.69) is 15.6 Å². The van der Waals surface area contributed by atoms with Gasteiger partial charge < -0.3 is 15.4 Å². The summed E-state index contributed by atoms with van der Waals surface area (Å²) in [5, 5.41) is 6.82. The van der Waals surface area contributed by atoms with Crippen LogP contribution in [0.3, 0.4) is 0 Å². The van der Waals surface area contributed by atoms with E-state index >= 15 is 0 Å². The summed E-state index contributed by atoms with van der Waals surface area (Å²) < 4.78 is 5.38. The molecular formula is C13H21N3O. The molecule has 1 aromatic heterocycles. The second kappa shape index (κ2) is 5.98. The van der Waals surface area contributed by atoms with Crippen LogP contribution in [0.2, 0.25) is 0 Å². The van der Waals surface area contributed by atoms with E-state index < -0.39 is 0 Å². The molecule has 0 amide bonds. The lowest BCUT2D eigenvalue weighted by Crippen LogP contribution is -2.44. The molecule has 0 radical (unpaired) electrons. The van der Waals surface area contributed by atoms with Gasteiger partial charge in [-0.2, -0.15) is 0 Å². The van der Waals surface area contributed by atoms with Crippen LogP contribution in [0, 0.1) is 5.41 Å². The summed E-state index contributed by atoms with van der Waals surface area (Å²) in [5.41, 5.74) is 0.248. The molecule has 0 aromatic carbocycles. The van der Waals surface area contributed by atoms with Gasteiger partial charge in [0.15, 0.2) is 0 Å². The number of pyridine rings is 1. The molecule has 4 nitrogen and oxygen atoms in total. The van der Waals surface area contributed by atoms with E-state index in [1.54, 1.807) is 7.11 Å². The Morgan fingerprint density at radius 3 is 2.88 bits per heavy atom. The predicted molar refractivity (Wildman–Crippen MR) is 69.1 cm³/mol. The molecule has 2 N–H and O–H groups in total. The molecule has 2 rings (SSSR count). The van der Waals surface area contributed by atoms with E-state index in [1.807, 2.05) is 24.4 Å². The molecule has 0 bridgehead atoms. The lowest BCUT2D eigenvalue weighted by molar-refractivity contribution is 0.0635. The Hall–Kier alpha value is -1.13. The molecule has 0 aliphatic carbocycles. The largest absolute Gasteiger partial charge is 0.384 e. The molecule has 94 valence electrons. The van der Waals surface area contributed by atoms with Crippen LogP contribution in [0.4, 0.5) is 5.82 Å². The van der Waals surface area contributed by atoms with Crippen molar-refractivity contribution >= 4 is 5.82 Å². The first kappa shape index (κ1) is 12.3. The van der Waals surface area contributed by atoms with Crippen LogP contribution < -0.4 is 10.6 Å². The highest BCUT2D eigenvalue weighted by Crippen LogP contribution is 2.29. The zero-order chi connectivity index (χ0) is 12.0. The molecule has 1 aliphatic heterocycles. The molecule has 0 unspecified atom stereocenters. The van der Waals surface area contributed by atoms with Gasteiger partial charge in [0, 0.05) is 25.3 Å². The second-order valence-corrected chi connectivity index (χ2v) is 4.75. The zero-order valence-electron chi connectivity index (χ0n) is 10.4. The molecule has 1 fully saturated rings. The van der Waals surface area contributed by atoms with Crippen molar-refractivity contribution < 1.29 is 4.74 Å². The average molecular weight is 235 g/mol. The third kappa shape index (κ3) is 3.41. The Balaban J connectivity index is 1.93. The number of methoxy groups -OCH3 is 1. The molecule has 4 heteroatoms. The highest BCUT2D eigenvalue weighted by molar-refractivity contribution is 5.33. The Morgan fingerprint density at radius 1 is 1.41 bits per heavy atom. The third-order valence-corrected chi connectivity index (χ3v) is 3.42. The number of piperidine rings is 1. The van der Waals surface area contributed by atoms with Gasteiger partial charge in [0.25, 0.3) is 0 Å². The minimum absolute atomic E-state index is 0.248.